The first-order valence-electron chi connectivity index (χ1n) is 11.5. The van der Waals surface area contributed by atoms with Crippen LogP contribution in [-0.2, 0) is 11.2 Å². The number of hydrogen-bond acceptors (Lipinski definition) is 5. The minimum atomic E-state index is 0.848. The van der Waals surface area contributed by atoms with E-state index in [9.17, 15) is 0 Å². The lowest BCUT2D eigenvalue weighted by Crippen LogP contribution is -2.41. The van der Waals surface area contributed by atoms with Crippen molar-refractivity contribution in [3.05, 3.63) is 45.8 Å². The fraction of sp³-hybridized carbons (Fsp3) is 0.520. The Morgan fingerprint density at radius 3 is 2.29 bits per heavy atom. The number of fused-ring (bicyclic) bond motifs is 3. The normalized spacial score (nSPS) is 17.0. The molecule has 0 spiro atoms. The average Bonchev–Trinajstić information content (AvgIpc) is 3.29. The molecule has 0 N–H and O–H groups in total. The highest BCUT2D eigenvalue weighted by atomic mass is 16.5. The number of nitrogens with zero attached hydrogens (tertiary/aromatic N) is 5. The molecule has 0 amide bonds. The summed E-state index contributed by atoms with van der Waals surface area (Å²) in [5.74, 6) is 1.24. The van der Waals surface area contributed by atoms with Gasteiger partial charge in [-0.2, -0.15) is 9.61 Å². The highest BCUT2D eigenvalue weighted by Gasteiger charge is 2.29. The molecule has 2 aliphatic heterocycles. The Morgan fingerprint density at radius 1 is 0.871 bits per heavy atom. The first-order valence-corrected chi connectivity index (χ1v) is 11.5. The minimum Gasteiger partial charge on any atom is -0.379 e. The van der Waals surface area contributed by atoms with Crippen LogP contribution in [0.15, 0.2) is 12.1 Å². The van der Waals surface area contributed by atoms with E-state index in [2.05, 4.69) is 61.1 Å². The molecule has 1 aromatic carbocycles. The van der Waals surface area contributed by atoms with Gasteiger partial charge >= 0.3 is 0 Å². The number of ether oxygens (including phenoxy) is 1. The van der Waals surface area contributed by atoms with Gasteiger partial charge in [-0.1, -0.05) is 17.7 Å². The zero-order valence-corrected chi connectivity index (χ0v) is 19.5. The summed E-state index contributed by atoms with van der Waals surface area (Å²) in [4.78, 5) is 10.1. The van der Waals surface area contributed by atoms with Gasteiger partial charge in [-0.25, -0.2) is 4.98 Å². The van der Waals surface area contributed by atoms with Gasteiger partial charge in [-0.15, -0.1) is 0 Å². The molecule has 2 aromatic heterocycles. The fourth-order valence-electron chi connectivity index (χ4n) is 5.42. The topological polar surface area (TPSA) is 45.9 Å². The maximum atomic E-state index is 5.51. The molecule has 2 aliphatic rings. The van der Waals surface area contributed by atoms with E-state index in [1.165, 1.54) is 39.2 Å². The highest BCUT2D eigenvalue weighted by molar-refractivity contribution is 5.85. The second-order valence-corrected chi connectivity index (χ2v) is 9.16. The maximum absolute atomic E-state index is 5.51. The van der Waals surface area contributed by atoms with Crippen LogP contribution >= 0.6 is 0 Å². The second kappa shape index (κ2) is 7.92. The van der Waals surface area contributed by atoms with E-state index in [-0.39, 0.29) is 0 Å². The molecule has 4 heterocycles. The van der Waals surface area contributed by atoms with Crippen LogP contribution in [0.3, 0.4) is 0 Å². The largest absolute Gasteiger partial charge is 0.379 e. The molecule has 0 aliphatic carbocycles. The number of benzene rings is 1. The van der Waals surface area contributed by atoms with Gasteiger partial charge in [-0.3, -0.25) is 4.90 Å². The molecule has 1 saturated heterocycles. The zero-order chi connectivity index (χ0) is 21.7. The number of aromatic nitrogens is 3. The Kier molecular flexibility index (Phi) is 5.22. The molecule has 3 aromatic rings. The van der Waals surface area contributed by atoms with Crippen molar-refractivity contribution in [3.8, 4) is 11.1 Å². The third-order valence-electron chi connectivity index (χ3n) is 6.87. The first kappa shape index (κ1) is 20.5. The maximum Gasteiger partial charge on any atom is 0.165 e. The van der Waals surface area contributed by atoms with Crippen LogP contribution in [0.1, 0.15) is 33.6 Å². The summed E-state index contributed by atoms with van der Waals surface area (Å²) in [5, 5.41) is 5.03. The van der Waals surface area contributed by atoms with Gasteiger partial charge in [0.1, 0.15) is 5.82 Å². The van der Waals surface area contributed by atoms with Crippen molar-refractivity contribution in [3.63, 3.8) is 0 Å². The standard InChI is InChI=1S/C25H33N5O/c1-16-14-17(2)22(18(3)15-16)23-20(5)27-30-24(23)26-19(4)21-6-7-29(25(21)30)9-8-28-10-12-31-13-11-28/h14-15H,6-13H2,1-5H3. The second-order valence-electron chi connectivity index (χ2n) is 9.16. The third-order valence-corrected chi connectivity index (χ3v) is 6.87. The van der Waals surface area contributed by atoms with Crippen LogP contribution in [0.5, 0.6) is 0 Å². The van der Waals surface area contributed by atoms with E-state index in [4.69, 9.17) is 14.8 Å². The van der Waals surface area contributed by atoms with Crippen LogP contribution in [-0.4, -0.2) is 65.4 Å². The van der Waals surface area contributed by atoms with E-state index in [0.29, 0.717) is 0 Å². The molecule has 0 atom stereocenters. The number of aryl methyl sites for hydroxylation is 5. The molecule has 164 valence electrons. The number of anilines is 1. The lowest BCUT2D eigenvalue weighted by atomic mass is 9.94. The minimum absolute atomic E-state index is 0.848. The van der Waals surface area contributed by atoms with Gasteiger partial charge < -0.3 is 9.64 Å². The van der Waals surface area contributed by atoms with Gasteiger partial charge in [-0.05, 0) is 57.7 Å². The first-order chi connectivity index (χ1) is 14.9. The van der Waals surface area contributed by atoms with E-state index >= 15 is 0 Å². The number of morpholine rings is 1. The fourth-order valence-corrected chi connectivity index (χ4v) is 5.42. The van der Waals surface area contributed by atoms with Gasteiger partial charge in [0.2, 0.25) is 0 Å². The Bertz CT molecular complexity index is 1120. The van der Waals surface area contributed by atoms with Crippen molar-refractivity contribution in [2.75, 3.05) is 50.8 Å². The Balaban J connectivity index is 1.58. The van der Waals surface area contributed by atoms with Crippen LogP contribution in [0, 0.1) is 34.6 Å². The number of rotatable bonds is 4. The lowest BCUT2D eigenvalue weighted by Gasteiger charge is -2.29. The van der Waals surface area contributed by atoms with E-state index in [0.717, 1.165) is 69.4 Å². The summed E-state index contributed by atoms with van der Waals surface area (Å²) in [6, 6.07) is 4.53. The van der Waals surface area contributed by atoms with Crippen LogP contribution < -0.4 is 4.90 Å². The molecular weight excluding hydrogens is 386 g/mol. The van der Waals surface area contributed by atoms with E-state index < -0.39 is 0 Å². The summed E-state index contributed by atoms with van der Waals surface area (Å²) in [6.07, 6.45) is 1.05. The van der Waals surface area contributed by atoms with Gasteiger partial charge in [0.15, 0.2) is 5.65 Å². The summed E-state index contributed by atoms with van der Waals surface area (Å²) in [7, 11) is 0. The molecular formula is C25H33N5O. The van der Waals surface area contributed by atoms with Crippen molar-refractivity contribution >= 4 is 11.5 Å². The molecule has 0 radical (unpaired) electrons. The van der Waals surface area contributed by atoms with Crippen LogP contribution in [0.2, 0.25) is 0 Å². The molecule has 6 heteroatoms. The molecule has 31 heavy (non-hydrogen) atoms. The predicted molar refractivity (Wildman–Crippen MR) is 125 cm³/mol. The number of hydrogen-bond donors (Lipinski definition) is 0. The molecule has 0 unspecified atom stereocenters. The Labute approximate surface area is 184 Å². The lowest BCUT2D eigenvalue weighted by molar-refractivity contribution is 0.0392. The summed E-state index contributed by atoms with van der Waals surface area (Å²) >= 11 is 0. The molecule has 5 rings (SSSR count). The van der Waals surface area contributed by atoms with Crippen molar-refractivity contribution in [2.24, 2.45) is 0 Å². The van der Waals surface area contributed by atoms with Crippen LogP contribution in [0.4, 0.5) is 5.82 Å². The van der Waals surface area contributed by atoms with Gasteiger partial charge in [0.05, 0.1) is 24.5 Å². The van der Waals surface area contributed by atoms with Crippen molar-refractivity contribution in [1.29, 1.82) is 0 Å². The molecule has 1 fully saturated rings. The molecule has 0 bridgehead atoms. The van der Waals surface area contributed by atoms with Crippen molar-refractivity contribution in [1.82, 2.24) is 19.5 Å². The Hall–Kier alpha value is -2.44. The van der Waals surface area contributed by atoms with Gasteiger partial charge in [0.25, 0.3) is 0 Å². The smallest absolute Gasteiger partial charge is 0.165 e. The third kappa shape index (κ3) is 3.52. The zero-order valence-electron chi connectivity index (χ0n) is 19.5. The summed E-state index contributed by atoms with van der Waals surface area (Å²) < 4.78 is 7.63. The summed E-state index contributed by atoms with van der Waals surface area (Å²) in [5.41, 5.74) is 10.9. The van der Waals surface area contributed by atoms with Crippen molar-refractivity contribution < 1.29 is 4.74 Å². The summed E-state index contributed by atoms with van der Waals surface area (Å²) in [6.45, 7) is 17.7. The average molecular weight is 420 g/mol. The SMILES string of the molecule is Cc1cc(C)c(-c2c(C)nn3c4c(c(C)nc23)CCN4CCN2CCOCC2)c(C)c1. The predicted octanol–water partition coefficient (Wildman–Crippen LogP) is 3.63. The molecule has 6 nitrogen and oxygen atoms in total. The van der Waals surface area contributed by atoms with E-state index in [1.54, 1.807) is 0 Å². The quantitative estimate of drug-likeness (QED) is 0.646. The van der Waals surface area contributed by atoms with Gasteiger partial charge in [0, 0.05) is 44.0 Å². The monoisotopic (exact) mass is 419 g/mol. The highest BCUT2D eigenvalue weighted by Crippen LogP contribution is 2.38. The Morgan fingerprint density at radius 2 is 1.58 bits per heavy atom. The van der Waals surface area contributed by atoms with E-state index in [1.807, 2.05) is 0 Å². The van der Waals surface area contributed by atoms with Crippen LogP contribution in [0.25, 0.3) is 16.8 Å². The molecule has 0 saturated carbocycles. The van der Waals surface area contributed by atoms with Crippen molar-refractivity contribution in [2.45, 2.75) is 41.0 Å².